The molecule has 3 N–H and O–H groups in total. The van der Waals surface area contributed by atoms with Gasteiger partial charge in [0.1, 0.15) is 12.1 Å². The first kappa shape index (κ1) is 14.5. The van der Waals surface area contributed by atoms with Gasteiger partial charge in [-0.2, -0.15) is 0 Å². The maximum atomic E-state index is 10.5. The molecule has 120 valence electrons. The van der Waals surface area contributed by atoms with E-state index in [4.69, 9.17) is 0 Å². The van der Waals surface area contributed by atoms with Crippen molar-refractivity contribution in [2.24, 2.45) is 0 Å². The first-order valence-corrected chi connectivity index (χ1v) is 7.96. The number of aldehydes is 1. The average molecular weight is 318 g/mol. The largest absolute Gasteiger partial charge is 0.378 e. The summed E-state index contributed by atoms with van der Waals surface area (Å²) in [4.78, 5) is 21.9. The fourth-order valence-electron chi connectivity index (χ4n) is 3.03. The number of rotatable bonds is 5. The third-order valence-corrected chi connectivity index (χ3v) is 4.20. The van der Waals surface area contributed by atoms with Gasteiger partial charge in [-0.1, -0.05) is 6.07 Å². The van der Waals surface area contributed by atoms with Gasteiger partial charge in [0.15, 0.2) is 0 Å². The number of anilines is 1. The molecule has 0 amide bonds. The van der Waals surface area contributed by atoms with E-state index in [0.29, 0.717) is 6.54 Å². The van der Waals surface area contributed by atoms with Gasteiger partial charge in [-0.05, 0) is 48.4 Å². The number of aryl methyl sites for hydroxylation is 1. The van der Waals surface area contributed by atoms with Crippen LogP contribution >= 0.6 is 0 Å². The van der Waals surface area contributed by atoms with Crippen LogP contribution in [0.5, 0.6) is 0 Å². The molecule has 0 saturated carbocycles. The summed E-state index contributed by atoms with van der Waals surface area (Å²) in [5, 5.41) is 4.23. The summed E-state index contributed by atoms with van der Waals surface area (Å²) in [5.41, 5.74) is 6.47. The summed E-state index contributed by atoms with van der Waals surface area (Å²) in [7, 11) is 0. The number of hydrogen-bond donors (Lipinski definition) is 3. The SMILES string of the molecule is Cc1ccc2nc(Cc3c[nH]c4ccc(NCC=O)cc34)[nH]c2c1. The highest BCUT2D eigenvalue weighted by atomic mass is 16.1. The van der Waals surface area contributed by atoms with Crippen LogP contribution in [-0.4, -0.2) is 27.8 Å². The van der Waals surface area contributed by atoms with Crippen LogP contribution in [0.15, 0.2) is 42.6 Å². The van der Waals surface area contributed by atoms with Gasteiger partial charge in [0.05, 0.1) is 17.6 Å². The summed E-state index contributed by atoms with van der Waals surface area (Å²) in [6.07, 6.45) is 3.61. The highest BCUT2D eigenvalue weighted by Gasteiger charge is 2.09. The minimum absolute atomic E-state index is 0.314. The molecule has 0 radical (unpaired) electrons. The third-order valence-electron chi connectivity index (χ3n) is 4.20. The van der Waals surface area contributed by atoms with Crippen molar-refractivity contribution in [1.29, 1.82) is 0 Å². The Labute approximate surface area is 139 Å². The Morgan fingerprint density at radius 2 is 2.08 bits per heavy atom. The fraction of sp³-hybridized carbons (Fsp3) is 0.158. The van der Waals surface area contributed by atoms with Gasteiger partial charge in [-0.15, -0.1) is 0 Å². The molecule has 24 heavy (non-hydrogen) atoms. The number of H-pyrrole nitrogens is 2. The molecule has 5 heteroatoms. The fourth-order valence-corrected chi connectivity index (χ4v) is 3.03. The Balaban J connectivity index is 1.68. The van der Waals surface area contributed by atoms with Gasteiger partial charge in [0.2, 0.25) is 0 Å². The third kappa shape index (κ3) is 2.65. The van der Waals surface area contributed by atoms with Gasteiger partial charge >= 0.3 is 0 Å². The smallest absolute Gasteiger partial charge is 0.139 e. The van der Waals surface area contributed by atoms with E-state index in [1.165, 1.54) is 11.1 Å². The normalized spacial score (nSPS) is 11.2. The average Bonchev–Trinajstić information content (AvgIpc) is 3.16. The van der Waals surface area contributed by atoms with Crippen LogP contribution in [0.2, 0.25) is 0 Å². The lowest BCUT2D eigenvalue weighted by Crippen LogP contribution is -2.01. The Kier molecular flexibility index (Phi) is 3.54. The molecule has 5 nitrogen and oxygen atoms in total. The molecule has 0 spiro atoms. The first-order valence-electron chi connectivity index (χ1n) is 7.96. The molecule has 4 aromatic rings. The van der Waals surface area contributed by atoms with Crippen molar-refractivity contribution in [2.45, 2.75) is 13.3 Å². The topological polar surface area (TPSA) is 73.6 Å². The van der Waals surface area contributed by atoms with Crippen LogP contribution in [0, 0.1) is 6.92 Å². The zero-order valence-electron chi connectivity index (χ0n) is 13.4. The highest BCUT2D eigenvalue weighted by molar-refractivity contribution is 5.87. The van der Waals surface area contributed by atoms with Crippen molar-refractivity contribution in [2.75, 3.05) is 11.9 Å². The zero-order chi connectivity index (χ0) is 16.5. The van der Waals surface area contributed by atoms with Crippen LogP contribution in [-0.2, 0) is 11.2 Å². The zero-order valence-corrected chi connectivity index (χ0v) is 13.4. The molecular weight excluding hydrogens is 300 g/mol. The van der Waals surface area contributed by atoms with Gasteiger partial charge in [-0.3, -0.25) is 0 Å². The summed E-state index contributed by atoms with van der Waals surface area (Å²) < 4.78 is 0. The lowest BCUT2D eigenvalue weighted by Gasteiger charge is -2.03. The molecule has 0 saturated heterocycles. The van der Waals surface area contributed by atoms with Gasteiger partial charge in [0.25, 0.3) is 0 Å². The molecule has 0 bridgehead atoms. The number of hydrogen-bond acceptors (Lipinski definition) is 3. The quantitative estimate of drug-likeness (QED) is 0.493. The van der Waals surface area contributed by atoms with E-state index in [9.17, 15) is 4.79 Å². The summed E-state index contributed by atoms with van der Waals surface area (Å²) in [6, 6.07) is 12.3. The molecule has 0 aliphatic carbocycles. The molecule has 4 rings (SSSR count). The van der Waals surface area contributed by atoms with Gasteiger partial charge in [0, 0.05) is 29.2 Å². The number of carbonyl (C=O) groups excluding carboxylic acids is 1. The Bertz CT molecular complexity index is 1030. The number of aromatic nitrogens is 3. The van der Waals surface area contributed by atoms with E-state index in [-0.39, 0.29) is 0 Å². The molecular formula is C19H18N4O. The lowest BCUT2D eigenvalue weighted by molar-refractivity contribution is -0.106. The van der Waals surface area contributed by atoms with Gasteiger partial charge < -0.3 is 20.1 Å². The van der Waals surface area contributed by atoms with Gasteiger partial charge in [-0.25, -0.2) is 4.98 Å². The molecule has 0 unspecified atom stereocenters. The van der Waals surface area contributed by atoms with Crippen LogP contribution in [0.4, 0.5) is 5.69 Å². The van der Waals surface area contributed by atoms with Crippen molar-refractivity contribution >= 4 is 33.9 Å². The first-order chi connectivity index (χ1) is 11.7. The minimum atomic E-state index is 0.314. The number of nitrogens with one attached hydrogen (secondary N) is 3. The summed E-state index contributed by atoms with van der Waals surface area (Å²) in [6.45, 7) is 2.39. The molecule has 0 fully saturated rings. The van der Waals surface area contributed by atoms with Crippen LogP contribution < -0.4 is 5.32 Å². The number of imidazole rings is 1. The minimum Gasteiger partial charge on any atom is -0.378 e. The second-order valence-corrected chi connectivity index (χ2v) is 6.00. The summed E-state index contributed by atoms with van der Waals surface area (Å²) in [5.74, 6) is 0.947. The van der Waals surface area contributed by atoms with E-state index in [1.54, 1.807) is 0 Å². The molecule has 0 aliphatic rings. The Hall–Kier alpha value is -3.08. The van der Waals surface area contributed by atoms with E-state index < -0.39 is 0 Å². The van der Waals surface area contributed by atoms with Crippen molar-refractivity contribution < 1.29 is 4.79 Å². The van der Waals surface area contributed by atoms with E-state index >= 15 is 0 Å². The monoisotopic (exact) mass is 318 g/mol. The summed E-state index contributed by atoms with van der Waals surface area (Å²) >= 11 is 0. The number of benzene rings is 2. The Morgan fingerprint density at radius 3 is 2.96 bits per heavy atom. The number of carbonyl (C=O) groups is 1. The molecule has 0 aliphatic heterocycles. The molecule has 0 atom stereocenters. The van der Waals surface area contributed by atoms with E-state index in [1.807, 2.05) is 24.4 Å². The van der Waals surface area contributed by atoms with Crippen molar-refractivity contribution in [3.8, 4) is 0 Å². The molecule has 2 heterocycles. The predicted octanol–water partition coefficient (Wildman–Crippen LogP) is 3.55. The second-order valence-electron chi connectivity index (χ2n) is 6.00. The highest BCUT2D eigenvalue weighted by Crippen LogP contribution is 2.24. The Morgan fingerprint density at radius 1 is 1.17 bits per heavy atom. The lowest BCUT2D eigenvalue weighted by atomic mass is 10.1. The number of fused-ring (bicyclic) bond motifs is 2. The van der Waals surface area contributed by atoms with Crippen molar-refractivity contribution in [1.82, 2.24) is 15.0 Å². The molecule has 2 aromatic heterocycles. The maximum Gasteiger partial charge on any atom is 0.139 e. The molecule has 2 aromatic carbocycles. The predicted molar refractivity (Wildman–Crippen MR) is 96.5 cm³/mol. The van der Waals surface area contributed by atoms with Crippen molar-refractivity contribution in [3.63, 3.8) is 0 Å². The van der Waals surface area contributed by atoms with Crippen LogP contribution in [0.1, 0.15) is 17.0 Å². The van der Waals surface area contributed by atoms with Crippen molar-refractivity contribution in [3.05, 3.63) is 59.5 Å². The van der Waals surface area contributed by atoms with Crippen LogP contribution in [0.3, 0.4) is 0 Å². The number of aromatic amines is 2. The maximum absolute atomic E-state index is 10.5. The standard InChI is InChI=1S/C19H18N4O/c1-12-2-4-17-18(8-12)23-19(22-17)9-13-11-21-16-5-3-14(10-15(13)16)20-6-7-24/h2-5,7-8,10-11,20-21H,6,9H2,1H3,(H,22,23). The second kappa shape index (κ2) is 5.85. The van der Waals surface area contributed by atoms with Crippen LogP contribution in [0.25, 0.3) is 21.9 Å². The van der Waals surface area contributed by atoms with E-state index in [2.05, 4.69) is 45.4 Å². The van der Waals surface area contributed by atoms with E-state index in [0.717, 1.165) is 46.2 Å². The number of nitrogens with zero attached hydrogens (tertiary/aromatic N) is 1.